The van der Waals surface area contributed by atoms with Crippen molar-refractivity contribution in [3.05, 3.63) is 56.0 Å². The second-order valence-electron chi connectivity index (χ2n) is 7.84. The van der Waals surface area contributed by atoms with Crippen molar-refractivity contribution in [3.8, 4) is 0 Å². The fourth-order valence-corrected chi connectivity index (χ4v) is 3.57. The number of nitrogens with zero attached hydrogens (tertiary/aromatic N) is 3. The van der Waals surface area contributed by atoms with Crippen molar-refractivity contribution < 1.29 is 9.53 Å². The first-order valence-electron chi connectivity index (χ1n) is 9.41. The van der Waals surface area contributed by atoms with Crippen LogP contribution in [0.3, 0.4) is 0 Å². The van der Waals surface area contributed by atoms with Gasteiger partial charge in [0.05, 0.1) is 13.1 Å². The molecule has 0 radical (unpaired) electrons. The molecule has 0 amide bonds. The zero-order chi connectivity index (χ0) is 20.7. The largest absolute Gasteiger partial charge is 0.459 e. The van der Waals surface area contributed by atoms with Crippen LogP contribution in [0.2, 0.25) is 0 Å². The van der Waals surface area contributed by atoms with Gasteiger partial charge < -0.3 is 4.74 Å². The highest BCUT2D eigenvalue weighted by molar-refractivity contribution is 7.03. The molecular formula is C20H29N3O4S. The van der Waals surface area contributed by atoms with Gasteiger partial charge in [0.2, 0.25) is 0 Å². The van der Waals surface area contributed by atoms with Gasteiger partial charge in [0, 0.05) is 18.1 Å². The van der Waals surface area contributed by atoms with E-state index < -0.39 is 5.60 Å². The molecule has 8 heteroatoms. The van der Waals surface area contributed by atoms with Gasteiger partial charge in [-0.1, -0.05) is 30.3 Å². The lowest BCUT2D eigenvalue weighted by Gasteiger charge is -2.22. The summed E-state index contributed by atoms with van der Waals surface area (Å²) in [5.41, 5.74) is 0.181. The molecule has 0 atom stereocenters. The van der Waals surface area contributed by atoms with E-state index in [-0.39, 0.29) is 23.1 Å². The highest BCUT2D eigenvalue weighted by Crippen LogP contribution is 2.07. The number of rotatable bonds is 9. The van der Waals surface area contributed by atoms with E-state index >= 15 is 0 Å². The fourth-order valence-electron chi connectivity index (χ4n) is 2.75. The molecular weight excluding hydrogens is 378 g/mol. The molecule has 0 aliphatic carbocycles. The molecule has 154 valence electrons. The quantitative estimate of drug-likeness (QED) is 0.471. The summed E-state index contributed by atoms with van der Waals surface area (Å²) in [5.74, 6) is -0.248. The monoisotopic (exact) mass is 407 g/mol. The van der Waals surface area contributed by atoms with E-state index in [0.717, 1.165) is 29.9 Å². The third-order valence-corrected chi connectivity index (χ3v) is 4.94. The molecule has 28 heavy (non-hydrogen) atoms. The predicted molar refractivity (Wildman–Crippen MR) is 111 cm³/mol. The number of benzene rings is 1. The number of hydrogen-bond donors (Lipinski definition) is 0. The zero-order valence-corrected chi connectivity index (χ0v) is 17.8. The van der Waals surface area contributed by atoms with Crippen LogP contribution in [0.15, 0.2) is 39.9 Å². The lowest BCUT2D eigenvalue weighted by molar-refractivity contribution is -0.155. The first-order chi connectivity index (χ1) is 13.2. The van der Waals surface area contributed by atoms with E-state index in [1.54, 1.807) is 0 Å². The van der Waals surface area contributed by atoms with Crippen molar-refractivity contribution in [2.24, 2.45) is 0 Å². The Hall–Kier alpha value is -2.19. The molecule has 7 nitrogen and oxygen atoms in total. The van der Waals surface area contributed by atoms with Gasteiger partial charge in [-0.25, -0.2) is 13.3 Å². The summed E-state index contributed by atoms with van der Waals surface area (Å²) in [6.07, 6.45) is 1.57. The van der Waals surface area contributed by atoms with Gasteiger partial charge in [-0.05, 0) is 52.8 Å². The van der Waals surface area contributed by atoms with Gasteiger partial charge in [0.1, 0.15) is 5.60 Å². The first-order valence-corrected chi connectivity index (χ1v) is 10.2. The van der Waals surface area contributed by atoms with Crippen LogP contribution in [0.5, 0.6) is 0 Å². The molecule has 0 bridgehead atoms. The van der Waals surface area contributed by atoms with Gasteiger partial charge in [0.25, 0.3) is 0 Å². The summed E-state index contributed by atoms with van der Waals surface area (Å²) >= 11 is 0.960. The Kier molecular flexibility index (Phi) is 7.77. The van der Waals surface area contributed by atoms with E-state index in [9.17, 15) is 14.4 Å². The maximum Gasteiger partial charge on any atom is 0.341 e. The summed E-state index contributed by atoms with van der Waals surface area (Å²) < 4.78 is 8.09. The van der Waals surface area contributed by atoms with Crippen LogP contribution in [0.4, 0.5) is 0 Å². The van der Waals surface area contributed by atoms with Crippen LogP contribution in [0.1, 0.15) is 39.2 Å². The second kappa shape index (κ2) is 9.84. The smallest absolute Gasteiger partial charge is 0.341 e. The Morgan fingerprint density at radius 3 is 2.46 bits per heavy atom. The van der Waals surface area contributed by atoms with Crippen LogP contribution >= 0.6 is 11.5 Å². The Labute approximate surface area is 169 Å². The SMILES string of the molecule is CN(CCCCn1sc(=O)n(Cc2ccccc2)c1=O)CC(=O)OC(C)(C)C. The van der Waals surface area contributed by atoms with Crippen LogP contribution in [-0.2, 0) is 22.6 Å². The number of hydrogen-bond acceptors (Lipinski definition) is 6. The lowest BCUT2D eigenvalue weighted by Crippen LogP contribution is -2.33. The van der Waals surface area contributed by atoms with Gasteiger partial charge >= 0.3 is 16.5 Å². The highest BCUT2D eigenvalue weighted by Gasteiger charge is 2.17. The molecule has 0 fully saturated rings. The number of aryl methyl sites for hydroxylation is 1. The van der Waals surface area contributed by atoms with Crippen molar-refractivity contribution in [2.45, 2.75) is 52.3 Å². The van der Waals surface area contributed by atoms with Gasteiger partial charge in [-0.15, -0.1) is 0 Å². The summed E-state index contributed by atoms with van der Waals surface area (Å²) in [6, 6.07) is 9.47. The Bertz CT molecular complexity index is 877. The van der Waals surface area contributed by atoms with E-state index in [4.69, 9.17) is 4.74 Å². The van der Waals surface area contributed by atoms with E-state index in [1.807, 2.05) is 63.1 Å². The number of likely N-dealkylation sites (N-methyl/N-ethyl adjacent to an activating group) is 1. The number of carbonyl (C=O) groups excluding carboxylic acids is 1. The Morgan fingerprint density at radius 1 is 1.14 bits per heavy atom. The van der Waals surface area contributed by atoms with Gasteiger partial charge in [-0.2, -0.15) is 0 Å². The third kappa shape index (κ3) is 7.09. The van der Waals surface area contributed by atoms with Crippen molar-refractivity contribution in [3.63, 3.8) is 0 Å². The highest BCUT2D eigenvalue weighted by atomic mass is 32.1. The minimum absolute atomic E-state index is 0.234. The van der Waals surface area contributed by atoms with Crippen molar-refractivity contribution in [1.82, 2.24) is 13.4 Å². The minimum Gasteiger partial charge on any atom is -0.459 e. The van der Waals surface area contributed by atoms with E-state index in [0.29, 0.717) is 19.6 Å². The lowest BCUT2D eigenvalue weighted by atomic mass is 10.2. The van der Waals surface area contributed by atoms with Crippen LogP contribution in [0.25, 0.3) is 0 Å². The molecule has 0 unspecified atom stereocenters. The summed E-state index contributed by atoms with van der Waals surface area (Å²) in [6.45, 7) is 7.28. The number of carbonyl (C=O) groups is 1. The van der Waals surface area contributed by atoms with Crippen LogP contribution < -0.4 is 10.6 Å². The molecule has 0 spiro atoms. The summed E-state index contributed by atoms with van der Waals surface area (Å²) in [7, 11) is 1.87. The fraction of sp³-hybridized carbons (Fsp3) is 0.550. The average molecular weight is 408 g/mol. The summed E-state index contributed by atoms with van der Waals surface area (Å²) in [4.78, 5) is 38.1. The number of esters is 1. The molecule has 0 aliphatic rings. The third-order valence-electron chi connectivity index (χ3n) is 4.01. The average Bonchev–Trinajstić information content (AvgIpc) is 2.85. The molecule has 1 heterocycles. The molecule has 1 aromatic carbocycles. The van der Waals surface area contributed by atoms with Crippen molar-refractivity contribution in [2.75, 3.05) is 20.1 Å². The minimum atomic E-state index is -0.483. The standard InChI is InChI=1S/C20H29N3O4S/c1-20(2,3)27-17(24)15-21(4)12-8-9-13-23-18(25)22(19(26)28-23)14-16-10-6-5-7-11-16/h5-7,10-11H,8-9,12-15H2,1-4H3. The van der Waals surface area contributed by atoms with E-state index in [2.05, 4.69) is 0 Å². The molecule has 0 saturated heterocycles. The molecule has 2 aromatic rings. The van der Waals surface area contributed by atoms with Crippen molar-refractivity contribution in [1.29, 1.82) is 0 Å². The van der Waals surface area contributed by atoms with Crippen molar-refractivity contribution >= 4 is 17.5 Å². The molecule has 0 aliphatic heterocycles. The second-order valence-corrected chi connectivity index (χ2v) is 8.82. The maximum absolute atomic E-state index is 12.5. The summed E-state index contributed by atoms with van der Waals surface area (Å²) in [5, 5.41) is 0. The van der Waals surface area contributed by atoms with Crippen LogP contribution in [0, 0.1) is 0 Å². The normalized spacial score (nSPS) is 11.8. The number of unbranched alkanes of at least 4 members (excludes halogenated alkanes) is 1. The topological polar surface area (TPSA) is 73.5 Å². The molecule has 1 aromatic heterocycles. The van der Waals surface area contributed by atoms with E-state index in [1.165, 1.54) is 8.52 Å². The molecule has 0 saturated carbocycles. The number of aromatic nitrogens is 2. The Balaban J connectivity index is 1.81. The zero-order valence-electron chi connectivity index (χ0n) is 17.0. The first kappa shape index (κ1) is 22.1. The van der Waals surface area contributed by atoms with Gasteiger partial charge in [0.15, 0.2) is 0 Å². The maximum atomic E-state index is 12.5. The van der Waals surface area contributed by atoms with Gasteiger partial charge in [-0.3, -0.25) is 14.5 Å². The Morgan fingerprint density at radius 2 is 1.82 bits per heavy atom. The molecule has 2 rings (SSSR count). The van der Waals surface area contributed by atoms with Crippen LogP contribution in [-0.4, -0.2) is 45.1 Å². The molecule has 0 N–H and O–H groups in total. The number of ether oxygens (including phenoxy) is 1. The predicted octanol–water partition coefficient (Wildman–Crippen LogP) is 2.17.